The van der Waals surface area contributed by atoms with Gasteiger partial charge >= 0.3 is 16.5 Å². The van der Waals surface area contributed by atoms with Crippen LogP contribution in [0.25, 0.3) is 0 Å². The predicted octanol–water partition coefficient (Wildman–Crippen LogP) is -5.08. The molecular weight excluding hydrogens is 391 g/mol. The summed E-state index contributed by atoms with van der Waals surface area (Å²) >= 11 is 0. The van der Waals surface area contributed by atoms with Gasteiger partial charge in [-0.2, -0.15) is 0 Å². The summed E-state index contributed by atoms with van der Waals surface area (Å²) in [5.74, 6) is -3.07. The van der Waals surface area contributed by atoms with Gasteiger partial charge in [0.1, 0.15) is 11.4 Å². The molecule has 0 unspecified atom stereocenters. The van der Waals surface area contributed by atoms with Crippen LogP contribution in [-0.2, 0) is 27.4 Å². The Morgan fingerprint density at radius 3 is 1.12 bits per heavy atom. The zero-order valence-electron chi connectivity index (χ0n) is 12.3. The first-order valence-corrected chi connectivity index (χ1v) is 4.95. The van der Waals surface area contributed by atoms with Gasteiger partial charge in [0, 0.05) is 24.9 Å². The maximum absolute atomic E-state index is 10.2. The standard InChI is InChI=1S/2C5H5N3O2.Ni.4H2O/c2*6-4-3(5(9)10)7-1-2-8-4;;;;;/h2*1-2,6,9-10H;;4*1H2/q;;+2;;;;. The average molecular weight is 409 g/mol. The van der Waals surface area contributed by atoms with Gasteiger partial charge in [0.15, 0.2) is 11.7 Å². The van der Waals surface area contributed by atoms with Gasteiger partial charge in [0.05, 0.1) is 11.9 Å². The Balaban J connectivity index is -0.0000000889. The van der Waals surface area contributed by atoms with E-state index in [0.717, 1.165) is 0 Å². The molecule has 0 aromatic heterocycles. The van der Waals surface area contributed by atoms with Gasteiger partial charge in [-0.15, -0.1) is 0 Å². The second-order valence-electron chi connectivity index (χ2n) is 3.12. The van der Waals surface area contributed by atoms with E-state index in [1.165, 1.54) is 24.9 Å². The molecule has 2 aliphatic heterocycles. The summed E-state index contributed by atoms with van der Waals surface area (Å²) in [4.78, 5) is 13.7. The minimum atomic E-state index is -1.22. The summed E-state index contributed by atoms with van der Waals surface area (Å²) in [7, 11) is 0. The van der Waals surface area contributed by atoms with Crippen LogP contribution in [0.1, 0.15) is 0 Å². The molecule has 0 saturated heterocycles. The van der Waals surface area contributed by atoms with Crippen molar-refractivity contribution in [2.45, 2.75) is 0 Å². The van der Waals surface area contributed by atoms with E-state index in [1.54, 1.807) is 0 Å². The first-order chi connectivity index (χ1) is 9.43. The normalized spacial score (nSPS) is 17.1. The molecule has 15 heteroatoms. The monoisotopic (exact) mass is 408 g/mol. The van der Waals surface area contributed by atoms with E-state index in [1.807, 2.05) is 0 Å². The fourth-order valence-corrected chi connectivity index (χ4v) is 0.989. The molecule has 0 aromatic rings. The van der Waals surface area contributed by atoms with Gasteiger partial charge in [-0.1, -0.05) is 0 Å². The minimum absolute atomic E-state index is 0. The molecule has 0 saturated carbocycles. The van der Waals surface area contributed by atoms with Gasteiger partial charge < -0.3 is 42.3 Å². The third kappa shape index (κ3) is 10.4. The maximum atomic E-state index is 10.2. The van der Waals surface area contributed by atoms with Crippen molar-refractivity contribution in [2.24, 2.45) is 20.0 Å². The summed E-state index contributed by atoms with van der Waals surface area (Å²) in [6, 6.07) is 0. The number of aliphatic hydroxyl groups excluding tert-OH is 2. The van der Waals surface area contributed by atoms with Gasteiger partial charge in [0.25, 0.3) is 0 Å². The van der Waals surface area contributed by atoms with Crippen LogP contribution < -0.4 is 10.2 Å². The van der Waals surface area contributed by atoms with Crippen molar-refractivity contribution < 1.29 is 58.8 Å². The Kier molecular flexibility index (Phi) is 21.4. The smallest absolute Gasteiger partial charge is 0.628 e. The molecule has 2 rings (SSSR count). The van der Waals surface area contributed by atoms with E-state index in [2.05, 4.69) is 20.0 Å². The van der Waals surface area contributed by atoms with Crippen molar-refractivity contribution in [1.82, 2.24) is 0 Å². The van der Waals surface area contributed by atoms with Gasteiger partial charge in [-0.3, -0.25) is 10.8 Å². The summed E-state index contributed by atoms with van der Waals surface area (Å²) in [6.45, 7) is 0. The number of amidine groups is 2. The number of hydrogen-bond donors (Lipinski definition) is 4. The molecular formula is C10H18N6NiO8+2. The largest absolute Gasteiger partial charge is 2.00 e. The van der Waals surface area contributed by atoms with E-state index in [9.17, 15) is 10.2 Å². The molecule has 25 heavy (non-hydrogen) atoms. The van der Waals surface area contributed by atoms with Crippen LogP contribution in [0.5, 0.6) is 0 Å². The van der Waals surface area contributed by atoms with Crippen LogP contribution in [0.2, 0.25) is 0 Å². The molecule has 14 N–H and O–H groups in total. The van der Waals surface area contributed by atoms with Crippen LogP contribution in [-0.4, -0.2) is 57.7 Å². The third-order valence-electron chi connectivity index (χ3n) is 1.80. The van der Waals surface area contributed by atoms with Gasteiger partial charge in [-0.05, 0) is 0 Å². The van der Waals surface area contributed by atoms with Crippen molar-refractivity contribution >= 4 is 36.5 Å². The van der Waals surface area contributed by atoms with Crippen molar-refractivity contribution in [3.05, 3.63) is 23.3 Å². The fourth-order valence-electron chi connectivity index (χ4n) is 0.989. The van der Waals surface area contributed by atoms with Crippen LogP contribution in [0.15, 0.2) is 43.3 Å². The van der Waals surface area contributed by atoms with Crippen molar-refractivity contribution in [3.8, 4) is 0 Å². The first kappa shape index (κ1) is 33.6. The van der Waals surface area contributed by atoms with Crippen molar-refractivity contribution in [2.75, 3.05) is 0 Å². The minimum Gasteiger partial charge on any atom is -0.628 e. The first-order valence-electron chi connectivity index (χ1n) is 4.95. The molecule has 0 radical (unpaired) electrons. The zero-order chi connectivity index (χ0) is 15.1. The second kappa shape index (κ2) is 15.9. The Morgan fingerprint density at radius 2 is 0.960 bits per heavy atom. The second-order valence-corrected chi connectivity index (χ2v) is 3.12. The summed E-state index contributed by atoms with van der Waals surface area (Å²) in [6.07, 6.45) is 5.02. The van der Waals surface area contributed by atoms with Gasteiger partial charge in [-0.25, -0.2) is 20.0 Å². The topological polar surface area (TPSA) is 313 Å². The Labute approximate surface area is 150 Å². The molecule has 144 valence electrons. The number of nitrogens with one attached hydrogen (secondary N) is 2. The zero-order valence-corrected chi connectivity index (χ0v) is 13.3. The third-order valence-corrected chi connectivity index (χ3v) is 1.80. The predicted molar refractivity (Wildman–Crippen MR) is 85.7 cm³/mol. The van der Waals surface area contributed by atoms with Crippen LogP contribution >= 0.6 is 0 Å². The average Bonchev–Trinajstić information content (AvgIpc) is 2.40. The Bertz CT molecular complexity index is 563. The van der Waals surface area contributed by atoms with Crippen LogP contribution in [0.3, 0.4) is 0 Å². The summed E-state index contributed by atoms with van der Waals surface area (Å²) < 4.78 is 0. The number of hydrogen-bond acceptors (Lipinski definition) is 8. The van der Waals surface area contributed by atoms with E-state index in [4.69, 9.17) is 21.0 Å². The van der Waals surface area contributed by atoms with Crippen LogP contribution in [0.4, 0.5) is 0 Å². The maximum Gasteiger partial charge on any atom is 2.00 e. The molecule has 0 aliphatic carbocycles. The SMILES string of the molecule is N=C1N=CC=N/C1=C(\[O-])O.N=C1N=CC=N/C1=C(\[O-])O.O.O.[Ni+2].[OH3+].[OH3+]. The molecule has 0 amide bonds. The van der Waals surface area contributed by atoms with E-state index < -0.39 is 11.9 Å². The Hall–Kier alpha value is -2.97. The quantitative estimate of drug-likeness (QED) is 0.173. The number of rotatable bonds is 0. The molecule has 0 fully saturated rings. The van der Waals surface area contributed by atoms with Gasteiger partial charge in [0.2, 0.25) is 0 Å². The number of nitrogens with zero attached hydrogens (tertiary/aromatic N) is 4. The summed E-state index contributed by atoms with van der Waals surface area (Å²) in [5.41, 5.74) is -0.634. The number of aliphatic imine (C=N–C) groups is 4. The molecule has 2 heterocycles. The van der Waals surface area contributed by atoms with E-state index in [-0.39, 0.29) is 61.5 Å². The van der Waals surface area contributed by atoms with Crippen molar-refractivity contribution in [1.29, 1.82) is 10.8 Å². The van der Waals surface area contributed by atoms with E-state index >= 15 is 0 Å². The summed E-state index contributed by atoms with van der Waals surface area (Å²) in [5, 5.41) is 51.0. The molecule has 0 atom stereocenters. The van der Waals surface area contributed by atoms with E-state index in [0.29, 0.717) is 0 Å². The van der Waals surface area contributed by atoms with Crippen molar-refractivity contribution in [3.63, 3.8) is 0 Å². The molecule has 0 aromatic carbocycles. The van der Waals surface area contributed by atoms with Crippen LogP contribution in [0, 0.1) is 10.8 Å². The molecule has 2 aliphatic rings. The molecule has 0 spiro atoms. The Morgan fingerprint density at radius 1 is 0.720 bits per heavy atom. The molecule has 14 nitrogen and oxygen atoms in total. The molecule has 0 bridgehead atoms. The number of aliphatic hydroxyl groups is 2. The fraction of sp³-hybridized carbons (Fsp3) is 0.